The van der Waals surface area contributed by atoms with Gasteiger partial charge < -0.3 is 15.2 Å². The minimum absolute atomic E-state index is 0.0864. The standard InChI is InChI=1S/C21H26N2O5S/c1-14-10-15(2)13-23(12-14)29(26,27)18-7-4-16(5-8-18)21(25)22-17-6-9-20(28-3)19(24)11-17/h4-9,11,14-15,24H,10,12-13H2,1-3H3,(H,22,25)/t14-,15+. The van der Waals surface area contributed by atoms with Crippen LogP contribution in [0.25, 0.3) is 0 Å². The van der Waals surface area contributed by atoms with E-state index in [1.165, 1.54) is 41.7 Å². The number of aromatic hydroxyl groups is 1. The van der Waals surface area contributed by atoms with E-state index in [2.05, 4.69) is 19.2 Å². The number of phenols is 1. The summed E-state index contributed by atoms with van der Waals surface area (Å²) in [7, 11) is -2.15. The Morgan fingerprint density at radius 2 is 1.72 bits per heavy atom. The molecule has 1 saturated heterocycles. The number of anilines is 1. The third-order valence-corrected chi connectivity index (χ3v) is 6.87. The minimum Gasteiger partial charge on any atom is -0.504 e. The van der Waals surface area contributed by atoms with Gasteiger partial charge in [-0.15, -0.1) is 0 Å². The van der Waals surface area contributed by atoms with Crippen LogP contribution in [0.15, 0.2) is 47.4 Å². The van der Waals surface area contributed by atoms with E-state index in [4.69, 9.17) is 4.74 Å². The molecule has 29 heavy (non-hydrogen) atoms. The molecule has 0 spiro atoms. The lowest BCUT2D eigenvalue weighted by molar-refractivity contribution is 0.102. The van der Waals surface area contributed by atoms with E-state index in [1.807, 2.05) is 0 Å². The second kappa shape index (κ2) is 8.42. The number of rotatable bonds is 5. The van der Waals surface area contributed by atoms with Crippen molar-refractivity contribution in [1.29, 1.82) is 0 Å². The highest BCUT2D eigenvalue weighted by Crippen LogP contribution is 2.29. The third kappa shape index (κ3) is 4.71. The van der Waals surface area contributed by atoms with Crippen LogP contribution in [0.1, 0.15) is 30.6 Å². The van der Waals surface area contributed by atoms with Crippen molar-refractivity contribution < 1.29 is 23.1 Å². The molecular weight excluding hydrogens is 392 g/mol. The topological polar surface area (TPSA) is 95.9 Å². The zero-order valence-corrected chi connectivity index (χ0v) is 17.6. The normalized spacial score (nSPS) is 20.2. The Bertz CT molecular complexity index is 979. The Hall–Kier alpha value is -2.58. The van der Waals surface area contributed by atoms with Crippen molar-refractivity contribution in [2.45, 2.75) is 25.2 Å². The Morgan fingerprint density at radius 3 is 2.28 bits per heavy atom. The van der Waals surface area contributed by atoms with Crippen molar-refractivity contribution in [1.82, 2.24) is 4.31 Å². The van der Waals surface area contributed by atoms with Crippen LogP contribution in [0.3, 0.4) is 0 Å². The molecule has 0 aliphatic carbocycles. The molecule has 2 aromatic carbocycles. The summed E-state index contributed by atoms with van der Waals surface area (Å²) >= 11 is 0. The molecule has 7 nitrogen and oxygen atoms in total. The van der Waals surface area contributed by atoms with Gasteiger partial charge in [-0.3, -0.25) is 4.79 Å². The van der Waals surface area contributed by atoms with Gasteiger partial charge in [-0.05, 0) is 54.7 Å². The molecule has 3 rings (SSSR count). The second-order valence-corrected chi connectivity index (χ2v) is 9.57. The van der Waals surface area contributed by atoms with E-state index in [0.29, 0.717) is 41.9 Å². The van der Waals surface area contributed by atoms with E-state index in [1.54, 1.807) is 12.1 Å². The number of methoxy groups -OCH3 is 1. The van der Waals surface area contributed by atoms with Crippen LogP contribution >= 0.6 is 0 Å². The molecule has 2 N–H and O–H groups in total. The monoisotopic (exact) mass is 418 g/mol. The molecule has 1 amide bonds. The zero-order chi connectivity index (χ0) is 21.2. The smallest absolute Gasteiger partial charge is 0.255 e. The molecule has 0 bridgehead atoms. The van der Waals surface area contributed by atoms with Crippen LogP contribution in [0.2, 0.25) is 0 Å². The van der Waals surface area contributed by atoms with Gasteiger partial charge in [-0.1, -0.05) is 13.8 Å². The number of piperidine rings is 1. The van der Waals surface area contributed by atoms with Gasteiger partial charge >= 0.3 is 0 Å². The molecule has 2 atom stereocenters. The van der Waals surface area contributed by atoms with E-state index in [9.17, 15) is 18.3 Å². The fourth-order valence-corrected chi connectivity index (χ4v) is 5.38. The second-order valence-electron chi connectivity index (χ2n) is 7.63. The summed E-state index contributed by atoms with van der Waals surface area (Å²) in [6.07, 6.45) is 1.02. The largest absolute Gasteiger partial charge is 0.504 e. The van der Waals surface area contributed by atoms with Crippen LogP contribution in [0.4, 0.5) is 5.69 Å². The van der Waals surface area contributed by atoms with Crippen molar-refractivity contribution in [2.75, 3.05) is 25.5 Å². The number of nitrogens with one attached hydrogen (secondary N) is 1. The van der Waals surface area contributed by atoms with E-state index >= 15 is 0 Å². The van der Waals surface area contributed by atoms with E-state index in [0.717, 1.165) is 6.42 Å². The lowest BCUT2D eigenvalue weighted by Crippen LogP contribution is -2.42. The van der Waals surface area contributed by atoms with Gasteiger partial charge in [0.15, 0.2) is 11.5 Å². The van der Waals surface area contributed by atoms with Gasteiger partial charge in [0.1, 0.15) is 0 Å². The molecule has 0 saturated carbocycles. The molecule has 1 heterocycles. The Morgan fingerprint density at radius 1 is 1.10 bits per heavy atom. The molecule has 0 radical (unpaired) electrons. The summed E-state index contributed by atoms with van der Waals surface area (Å²) in [5.41, 5.74) is 0.723. The van der Waals surface area contributed by atoms with Crippen LogP contribution < -0.4 is 10.1 Å². The average Bonchev–Trinajstić information content (AvgIpc) is 2.67. The molecule has 1 aliphatic heterocycles. The summed E-state index contributed by atoms with van der Waals surface area (Å²) in [5, 5.41) is 12.5. The predicted molar refractivity (Wildman–Crippen MR) is 111 cm³/mol. The summed E-state index contributed by atoms with van der Waals surface area (Å²) < 4.78 is 32.4. The summed E-state index contributed by atoms with van der Waals surface area (Å²) in [4.78, 5) is 12.6. The van der Waals surface area contributed by atoms with Gasteiger partial charge in [-0.2, -0.15) is 4.31 Å². The first kappa shape index (κ1) is 21.1. The van der Waals surface area contributed by atoms with Crippen LogP contribution in [-0.2, 0) is 10.0 Å². The number of nitrogens with zero attached hydrogens (tertiary/aromatic N) is 1. The highest BCUT2D eigenvalue weighted by atomic mass is 32.2. The van der Waals surface area contributed by atoms with Gasteiger partial charge in [-0.25, -0.2) is 8.42 Å². The fourth-order valence-electron chi connectivity index (χ4n) is 3.70. The minimum atomic E-state index is -3.59. The molecule has 2 aromatic rings. The summed E-state index contributed by atoms with van der Waals surface area (Å²) in [5.74, 6) is 0.452. The Balaban J connectivity index is 1.74. The van der Waals surface area contributed by atoms with Crippen molar-refractivity contribution in [3.63, 3.8) is 0 Å². The number of hydrogen-bond donors (Lipinski definition) is 2. The quantitative estimate of drug-likeness (QED) is 0.777. The molecular formula is C21H26N2O5S. The number of carbonyl (C=O) groups excluding carboxylic acids is 1. The maximum atomic E-state index is 12.9. The first-order valence-electron chi connectivity index (χ1n) is 9.49. The summed E-state index contributed by atoms with van der Waals surface area (Å²) in [6.45, 7) is 5.14. The number of phenolic OH excluding ortho intramolecular Hbond substituents is 1. The van der Waals surface area contributed by atoms with E-state index < -0.39 is 15.9 Å². The first-order valence-corrected chi connectivity index (χ1v) is 10.9. The van der Waals surface area contributed by atoms with E-state index in [-0.39, 0.29) is 10.6 Å². The Kier molecular flexibility index (Phi) is 6.14. The predicted octanol–water partition coefficient (Wildman–Crippen LogP) is 3.32. The molecule has 0 aromatic heterocycles. The van der Waals surface area contributed by atoms with Crippen molar-refractivity contribution >= 4 is 21.6 Å². The zero-order valence-electron chi connectivity index (χ0n) is 16.8. The Labute approximate surface area is 171 Å². The van der Waals surface area contributed by atoms with Crippen LogP contribution in [0.5, 0.6) is 11.5 Å². The fraction of sp³-hybridized carbons (Fsp3) is 0.381. The molecule has 0 unspecified atom stereocenters. The number of amides is 1. The SMILES string of the molecule is COc1ccc(NC(=O)c2ccc(S(=O)(=O)N3C[C@H](C)C[C@H](C)C3)cc2)cc1O. The third-order valence-electron chi connectivity index (χ3n) is 5.03. The molecule has 156 valence electrons. The number of ether oxygens (including phenoxy) is 1. The lowest BCUT2D eigenvalue weighted by Gasteiger charge is -2.34. The summed E-state index contributed by atoms with van der Waals surface area (Å²) in [6, 6.07) is 10.4. The average molecular weight is 419 g/mol. The highest BCUT2D eigenvalue weighted by Gasteiger charge is 2.31. The molecule has 8 heteroatoms. The maximum Gasteiger partial charge on any atom is 0.255 e. The number of carbonyl (C=O) groups is 1. The highest BCUT2D eigenvalue weighted by molar-refractivity contribution is 7.89. The molecule has 1 fully saturated rings. The van der Waals surface area contributed by atoms with Crippen molar-refractivity contribution in [3.8, 4) is 11.5 Å². The van der Waals surface area contributed by atoms with Gasteiger partial charge in [0, 0.05) is 30.4 Å². The van der Waals surface area contributed by atoms with Gasteiger partial charge in [0.25, 0.3) is 5.91 Å². The van der Waals surface area contributed by atoms with Gasteiger partial charge in [0.05, 0.1) is 12.0 Å². The maximum absolute atomic E-state index is 12.9. The van der Waals surface area contributed by atoms with Crippen molar-refractivity contribution in [2.24, 2.45) is 11.8 Å². The number of sulfonamides is 1. The van der Waals surface area contributed by atoms with Crippen LogP contribution in [0, 0.1) is 11.8 Å². The number of benzene rings is 2. The molecule has 1 aliphatic rings. The first-order chi connectivity index (χ1) is 13.7. The van der Waals surface area contributed by atoms with Gasteiger partial charge in [0.2, 0.25) is 10.0 Å². The number of hydrogen-bond acceptors (Lipinski definition) is 5. The van der Waals surface area contributed by atoms with Crippen molar-refractivity contribution in [3.05, 3.63) is 48.0 Å². The van der Waals surface area contributed by atoms with Crippen LogP contribution in [-0.4, -0.2) is 43.9 Å². The lowest BCUT2D eigenvalue weighted by atomic mass is 9.94.